The molecule has 0 saturated carbocycles. The summed E-state index contributed by atoms with van der Waals surface area (Å²) in [4.78, 5) is 10.6. The Kier molecular flexibility index (Phi) is 2.69. The Hall–Kier alpha value is -1.51. The number of carbonyl (C=O) groups is 1. The molecule has 0 fully saturated rings. The Bertz CT molecular complexity index is 266. The third-order valence-corrected chi connectivity index (χ3v) is 1.41. The SMILES string of the molecule is [CH2]COc1ccc(C(N)=O)cc1. The van der Waals surface area contributed by atoms with E-state index in [-0.39, 0.29) is 0 Å². The van der Waals surface area contributed by atoms with Gasteiger partial charge in [0.2, 0.25) is 5.91 Å². The van der Waals surface area contributed by atoms with E-state index in [0.29, 0.717) is 17.9 Å². The molecule has 0 saturated heterocycles. The van der Waals surface area contributed by atoms with E-state index in [1.165, 1.54) is 0 Å². The molecule has 2 N–H and O–H groups in total. The zero-order valence-corrected chi connectivity index (χ0v) is 6.62. The number of benzene rings is 1. The molecule has 0 aliphatic rings. The van der Waals surface area contributed by atoms with Crippen molar-refractivity contribution in [2.75, 3.05) is 6.61 Å². The second kappa shape index (κ2) is 3.76. The summed E-state index contributed by atoms with van der Waals surface area (Å²) < 4.78 is 5.08. The minimum absolute atomic E-state index is 0.371. The lowest BCUT2D eigenvalue weighted by Crippen LogP contribution is -2.10. The smallest absolute Gasteiger partial charge is 0.248 e. The van der Waals surface area contributed by atoms with Gasteiger partial charge < -0.3 is 10.5 Å². The van der Waals surface area contributed by atoms with Gasteiger partial charge in [-0.25, -0.2) is 0 Å². The highest BCUT2D eigenvalue weighted by Crippen LogP contribution is 2.11. The summed E-state index contributed by atoms with van der Waals surface area (Å²) in [5.41, 5.74) is 5.52. The lowest BCUT2D eigenvalue weighted by atomic mass is 10.2. The van der Waals surface area contributed by atoms with Crippen LogP contribution in [0.4, 0.5) is 0 Å². The van der Waals surface area contributed by atoms with Gasteiger partial charge in [-0.15, -0.1) is 0 Å². The highest BCUT2D eigenvalue weighted by molar-refractivity contribution is 5.92. The maximum atomic E-state index is 10.6. The summed E-state index contributed by atoms with van der Waals surface area (Å²) in [7, 11) is 0. The van der Waals surface area contributed by atoms with Crippen molar-refractivity contribution in [3.05, 3.63) is 36.8 Å². The molecule has 12 heavy (non-hydrogen) atoms. The number of nitrogens with two attached hydrogens (primary N) is 1. The van der Waals surface area contributed by atoms with Gasteiger partial charge in [0.1, 0.15) is 5.75 Å². The van der Waals surface area contributed by atoms with E-state index in [1.54, 1.807) is 24.3 Å². The summed E-state index contributed by atoms with van der Waals surface area (Å²) in [5, 5.41) is 0. The Labute approximate surface area is 71.1 Å². The minimum Gasteiger partial charge on any atom is -0.494 e. The Morgan fingerprint density at radius 1 is 1.42 bits per heavy atom. The Morgan fingerprint density at radius 2 is 2.00 bits per heavy atom. The molecule has 1 radical (unpaired) electrons. The molecule has 0 spiro atoms. The molecule has 0 unspecified atom stereocenters. The number of primary amides is 1. The topological polar surface area (TPSA) is 52.3 Å². The van der Waals surface area contributed by atoms with Gasteiger partial charge in [-0.2, -0.15) is 0 Å². The van der Waals surface area contributed by atoms with Gasteiger partial charge in [0.15, 0.2) is 0 Å². The fourth-order valence-corrected chi connectivity index (χ4v) is 0.833. The molecule has 1 aromatic carbocycles. The van der Waals surface area contributed by atoms with E-state index in [0.717, 1.165) is 0 Å². The van der Waals surface area contributed by atoms with Crippen LogP contribution in [-0.4, -0.2) is 12.5 Å². The van der Waals surface area contributed by atoms with Crippen molar-refractivity contribution in [1.29, 1.82) is 0 Å². The van der Waals surface area contributed by atoms with Crippen molar-refractivity contribution in [3.8, 4) is 5.75 Å². The molecule has 1 amide bonds. The third-order valence-electron chi connectivity index (χ3n) is 1.41. The zero-order chi connectivity index (χ0) is 8.97. The summed E-state index contributed by atoms with van der Waals surface area (Å²) >= 11 is 0. The second-order valence-corrected chi connectivity index (χ2v) is 2.24. The Balaban J connectivity index is 2.78. The number of rotatable bonds is 3. The molecule has 0 aliphatic heterocycles. The van der Waals surface area contributed by atoms with Crippen molar-refractivity contribution >= 4 is 5.91 Å². The molecule has 0 atom stereocenters. The van der Waals surface area contributed by atoms with Crippen LogP contribution in [0, 0.1) is 6.92 Å². The van der Waals surface area contributed by atoms with Gasteiger partial charge in [0, 0.05) is 5.56 Å². The van der Waals surface area contributed by atoms with Gasteiger partial charge in [-0.05, 0) is 31.2 Å². The normalized spacial score (nSPS) is 9.42. The van der Waals surface area contributed by atoms with Crippen molar-refractivity contribution in [2.45, 2.75) is 0 Å². The Morgan fingerprint density at radius 3 is 2.42 bits per heavy atom. The van der Waals surface area contributed by atoms with Crippen molar-refractivity contribution < 1.29 is 9.53 Å². The highest BCUT2D eigenvalue weighted by atomic mass is 16.5. The van der Waals surface area contributed by atoms with E-state index >= 15 is 0 Å². The fourth-order valence-electron chi connectivity index (χ4n) is 0.833. The predicted molar refractivity (Wildman–Crippen MR) is 45.8 cm³/mol. The molecule has 63 valence electrons. The maximum absolute atomic E-state index is 10.6. The van der Waals surface area contributed by atoms with Crippen LogP contribution in [0.3, 0.4) is 0 Å². The molecule has 0 aliphatic carbocycles. The molecule has 3 nitrogen and oxygen atoms in total. The van der Waals surface area contributed by atoms with Crippen LogP contribution < -0.4 is 10.5 Å². The molecule has 1 aromatic rings. The molecule has 0 aromatic heterocycles. The van der Waals surface area contributed by atoms with Crippen molar-refractivity contribution in [3.63, 3.8) is 0 Å². The van der Waals surface area contributed by atoms with Crippen molar-refractivity contribution in [2.24, 2.45) is 5.73 Å². The van der Waals surface area contributed by atoms with Crippen LogP contribution in [0.25, 0.3) is 0 Å². The molecule has 3 heteroatoms. The van der Waals surface area contributed by atoms with E-state index in [9.17, 15) is 4.79 Å². The first-order valence-corrected chi connectivity index (χ1v) is 3.56. The first-order valence-electron chi connectivity index (χ1n) is 3.56. The van der Waals surface area contributed by atoms with E-state index in [2.05, 4.69) is 6.92 Å². The highest BCUT2D eigenvalue weighted by Gasteiger charge is 1.98. The zero-order valence-electron chi connectivity index (χ0n) is 6.62. The van der Waals surface area contributed by atoms with Crippen LogP contribution in [0.15, 0.2) is 24.3 Å². The van der Waals surface area contributed by atoms with E-state index < -0.39 is 5.91 Å². The van der Waals surface area contributed by atoms with E-state index in [4.69, 9.17) is 10.5 Å². The third kappa shape index (κ3) is 1.99. The van der Waals surface area contributed by atoms with Gasteiger partial charge in [0.05, 0.1) is 6.61 Å². The summed E-state index contributed by atoms with van der Waals surface area (Å²) in [5.74, 6) is 0.256. The van der Waals surface area contributed by atoms with Crippen LogP contribution in [0.1, 0.15) is 10.4 Å². The van der Waals surface area contributed by atoms with Crippen LogP contribution in [-0.2, 0) is 0 Å². The average Bonchev–Trinajstić information content (AvgIpc) is 2.06. The molecule has 0 bridgehead atoms. The van der Waals surface area contributed by atoms with Crippen LogP contribution in [0.5, 0.6) is 5.75 Å². The quantitative estimate of drug-likeness (QED) is 0.724. The average molecular weight is 164 g/mol. The molecule has 1 rings (SSSR count). The van der Waals surface area contributed by atoms with Crippen LogP contribution >= 0.6 is 0 Å². The van der Waals surface area contributed by atoms with Gasteiger partial charge >= 0.3 is 0 Å². The molecule has 0 heterocycles. The predicted octanol–water partition coefficient (Wildman–Crippen LogP) is 0.998. The summed E-state index contributed by atoms with van der Waals surface area (Å²) in [6.45, 7) is 3.90. The largest absolute Gasteiger partial charge is 0.494 e. The first kappa shape index (κ1) is 8.59. The molecular weight excluding hydrogens is 154 g/mol. The van der Waals surface area contributed by atoms with Gasteiger partial charge in [0.25, 0.3) is 0 Å². The number of amides is 1. The number of hydrogen-bond acceptors (Lipinski definition) is 2. The number of carbonyl (C=O) groups excluding carboxylic acids is 1. The fraction of sp³-hybridized carbons (Fsp3) is 0.111. The first-order chi connectivity index (χ1) is 5.74. The summed E-state index contributed by atoms with van der Waals surface area (Å²) in [6, 6.07) is 6.61. The summed E-state index contributed by atoms with van der Waals surface area (Å²) in [6.07, 6.45) is 0. The maximum Gasteiger partial charge on any atom is 0.248 e. The van der Waals surface area contributed by atoms with E-state index in [1.807, 2.05) is 0 Å². The van der Waals surface area contributed by atoms with Crippen molar-refractivity contribution in [1.82, 2.24) is 0 Å². The lowest BCUT2D eigenvalue weighted by molar-refractivity contribution is 0.100. The molecular formula is C9H10NO2. The van der Waals surface area contributed by atoms with Gasteiger partial charge in [-0.3, -0.25) is 4.79 Å². The number of hydrogen-bond donors (Lipinski definition) is 1. The van der Waals surface area contributed by atoms with Crippen LogP contribution in [0.2, 0.25) is 0 Å². The monoisotopic (exact) mass is 164 g/mol. The minimum atomic E-state index is -0.434. The standard InChI is InChI=1S/C9H10NO2/c1-2-12-8-5-3-7(4-6-8)9(10)11/h3-6H,1-2H2,(H2,10,11). The second-order valence-electron chi connectivity index (χ2n) is 2.24. The van der Waals surface area contributed by atoms with Gasteiger partial charge in [-0.1, -0.05) is 0 Å². The lowest BCUT2D eigenvalue weighted by Gasteiger charge is -2.01. The number of ether oxygens (including phenoxy) is 1.